The topological polar surface area (TPSA) is 61.7 Å². The summed E-state index contributed by atoms with van der Waals surface area (Å²) in [6.07, 6.45) is 0.402. The third kappa shape index (κ3) is 6.99. The molecule has 1 saturated heterocycles. The SMILES string of the molecule is Cc1ccc(Cc2c(C)nc(C)nc2N2CCN(C[C@@H](O)COCC(C)C)CC2)cc1. The molecule has 0 amide bonds. The van der Waals surface area contributed by atoms with Gasteiger partial charge in [0.15, 0.2) is 0 Å². The fourth-order valence-corrected chi connectivity index (χ4v) is 4.03. The minimum Gasteiger partial charge on any atom is -0.389 e. The Bertz CT molecular complexity index is 830. The maximum atomic E-state index is 10.3. The third-order valence-electron chi connectivity index (χ3n) is 5.71. The Morgan fingerprint density at radius 2 is 1.65 bits per heavy atom. The maximum absolute atomic E-state index is 10.3. The highest BCUT2D eigenvalue weighted by Crippen LogP contribution is 2.25. The molecule has 0 bridgehead atoms. The highest BCUT2D eigenvalue weighted by Gasteiger charge is 2.23. The molecule has 1 atom stereocenters. The summed E-state index contributed by atoms with van der Waals surface area (Å²) < 4.78 is 5.59. The first-order chi connectivity index (χ1) is 14.8. The van der Waals surface area contributed by atoms with Gasteiger partial charge in [0.05, 0.1) is 12.7 Å². The second-order valence-electron chi connectivity index (χ2n) is 9.19. The van der Waals surface area contributed by atoms with Crippen molar-refractivity contribution >= 4 is 5.82 Å². The smallest absolute Gasteiger partial charge is 0.136 e. The molecule has 0 unspecified atom stereocenters. The van der Waals surface area contributed by atoms with Gasteiger partial charge in [-0.05, 0) is 32.3 Å². The summed E-state index contributed by atoms with van der Waals surface area (Å²) in [4.78, 5) is 14.2. The number of aliphatic hydroxyl groups is 1. The quantitative estimate of drug-likeness (QED) is 0.665. The highest BCUT2D eigenvalue weighted by molar-refractivity contribution is 5.51. The highest BCUT2D eigenvalue weighted by atomic mass is 16.5. The lowest BCUT2D eigenvalue weighted by Crippen LogP contribution is -2.49. The van der Waals surface area contributed by atoms with E-state index in [0.717, 1.165) is 49.9 Å². The van der Waals surface area contributed by atoms with Crippen LogP contribution in [0, 0.1) is 26.7 Å². The van der Waals surface area contributed by atoms with Crippen molar-refractivity contribution in [3.8, 4) is 0 Å². The molecule has 1 aliphatic rings. The number of piperazine rings is 1. The normalized spacial score (nSPS) is 16.2. The van der Waals surface area contributed by atoms with Gasteiger partial charge in [-0.3, -0.25) is 4.90 Å². The lowest BCUT2D eigenvalue weighted by atomic mass is 10.0. The summed E-state index contributed by atoms with van der Waals surface area (Å²) in [6, 6.07) is 8.71. The summed E-state index contributed by atoms with van der Waals surface area (Å²) >= 11 is 0. The van der Waals surface area contributed by atoms with E-state index in [1.54, 1.807) is 0 Å². The lowest BCUT2D eigenvalue weighted by molar-refractivity contribution is 0.00745. The van der Waals surface area contributed by atoms with Crippen molar-refractivity contribution in [1.29, 1.82) is 0 Å². The Morgan fingerprint density at radius 3 is 2.29 bits per heavy atom. The number of aromatic nitrogens is 2. The van der Waals surface area contributed by atoms with Crippen LogP contribution in [0.25, 0.3) is 0 Å². The summed E-state index contributed by atoms with van der Waals surface area (Å²) in [5.41, 5.74) is 4.83. The zero-order chi connectivity index (χ0) is 22.4. The maximum Gasteiger partial charge on any atom is 0.136 e. The number of β-amino-alcohol motifs (C(OH)–C–C–N with tert-alkyl or cyclic N) is 1. The number of hydrogen-bond donors (Lipinski definition) is 1. The van der Waals surface area contributed by atoms with Crippen molar-refractivity contribution in [1.82, 2.24) is 14.9 Å². The van der Waals surface area contributed by atoms with E-state index in [0.29, 0.717) is 25.7 Å². The molecule has 1 fully saturated rings. The second-order valence-corrected chi connectivity index (χ2v) is 9.19. The van der Waals surface area contributed by atoms with Crippen LogP contribution in [0.3, 0.4) is 0 Å². The second kappa shape index (κ2) is 11.0. The number of ether oxygens (including phenoxy) is 1. The van der Waals surface area contributed by atoms with Gasteiger partial charge in [-0.2, -0.15) is 0 Å². The van der Waals surface area contributed by atoms with Crippen LogP contribution in [0.5, 0.6) is 0 Å². The lowest BCUT2D eigenvalue weighted by Gasteiger charge is -2.37. The van der Waals surface area contributed by atoms with E-state index >= 15 is 0 Å². The monoisotopic (exact) mass is 426 g/mol. The van der Waals surface area contributed by atoms with E-state index in [1.807, 2.05) is 6.92 Å². The average Bonchev–Trinajstić information content (AvgIpc) is 2.71. The molecular formula is C25H38N4O2. The van der Waals surface area contributed by atoms with E-state index in [4.69, 9.17) is 9.72 Å². The van der Waals surface area contributed by atoms with Crippen molar-refractivity contribution in [2.24, 2.45) is 5.92 Å². The molecule has 0 saturated carbocycles. The van der Waals surface area contributed by atoms with Crippen molar-refractivity contribution in [2.45, 2.75) is 47.1 Å². The Morgan fingerprint density at radius 1 is 0.968 bits per heavy atom. The predicted octanol–water partition coefficient (Wildman–Crippen LogP) is 3.15. The van der Waals surface area contributed by atoms with Gasteiger partial charge < -0.3 is 14.7 Å². The van der Waals surface area contributed by atoms with Gasteiger partial charge in [-0.15, -0.1) is 0 Å². The van der Waals surface area contributed by atoms with Crippen LogP contribution < -0.4 is 4.90 Å². The number of aliphatic hydroxyl groups excluding tert-OH is 1. The van der Waals surface area contributed by atoms with Crippen LogP contribution in [-0.4, -0.2) is 72.0 Å². The van der Waals surface area contributed by atoms with Crippen molar-refractivity contribution in [3.05, 3.63) is 52.5 Å². The molecule has 31 heavy (non-hydrogen) atoms. The molecule has 0 spiro atoms. The standard InChI is InChI=1S/C25H38N4O2/c1-18(2)16-31-17-23(30)15-28-10-12-29(13-11-28)25-24(20(4)26-21(5)27-25)14-22-8-6-19(3)7-9-22/h6-9,18,23,30H,10-17H2,1-5H3/t23-/m1/s1. The Labute approximate surface area is 187 Å². The molecule has 1 aromatic heterocycles. The zero-order valence-corrected chi connectivity index (χ0v) is 19.8. The van der Waals surface area contributed by atoms with Gasteiger partial charge in [0.1, 0.15) is 11.6 Å². The molecule has 6 heteroatoms. The van der Waals surface area contributed by atoms with Crippen LogP contribution in [0.1, 0.15) is 42.1 Å². The van der Waals surface area contributed by atoms with E-state index in [2.05, 4.69) is 66.7 Å². The molecule has 0 radical (unpaired) electrons. The number of benzene rings is 1. The summed E-state index contributed by atoms with van der Waals surface area (Å²) in [6.45, 7) is 15.8. The molecule has 1 N–H and O–H groups in total. The first kappa shape index (κ1) is 23.6. The van der Waals surface area contributed by atoms with Crippen molar-refractivity contribution in [3.63, 3.8) is 0 Å². The van der Waals surface area contributed by atoms with Crippen molar-refractivity contribution in [2.75, 3.05) is 50.8 Å². The molecule has 6 nitrogen and oxygen atoms in total. The Hall–Kier alpha value is -2.02. The van der Waals surface area contributed by atoms with E-state index < -0.39 is 6.10 Å². The third-order valence-corrected chi connectivity index (χ3v) is 5.71. The van der Waals surface area contributed by atoms with Gasteiger partial charge in [0.25, 0.3) is 0 Å². The fourth-order valence-electron chi connectivity index (χ4n) is 4.03. The number of anilines is 1. The summed E-state index contributed by atoms with van der Waals surface area (Å²) in [5, 5.41) is 10.3. The van der Waals surface area contributed by atoms with Gasteiger partial charge in [-0.1, -0.05) is 43.7 Å². The van der Waals surface area contributed by atoms with Crippen molar-refractivity contribution < 1.29 is 9.84 Å². The van der Waals surface area contributed by atoms with E-state index in [1.165, 1.54) is 16.7 Å². The summed E-state index contributed by atoms with van der Waals surface area (Å²) in [5.74, 6) is 2.37. The van der Waals surface area contributed by atoms with Crippen LogP contribution >= 0.6 is 0 Å². The molecule has 2 aromatic rings. The number of nitrogens with zero attached hydrogens (tertiary/aromatic N) is 4. The fraction of sp³-hybridized carbons (Fsp3) is 0.600. The minimum absolute atomic E-state index is 0.406. The summed E-state index contributed by atoms with van der Waals surface area (Å²) in [7, 11) is 0. The van der Waals surface area contributed by atoms with Crippen LogP contribution in [-0.2, 0) is 11.2 Å². The Kier molecular flexibility index (Phi) is 8.41. The van der Waals surface area contributed by atoms with Gasteiger partial charge >= 0.3 is 0 Å². The number of hydrogen-bond acceptors (Lipinski definition) is 6. The number of rotatable bonds is 9. The van der Waals surface area contributed by atoms with Gasteiger partial charge in [0.2, 0.25) is 0 Å². The molecule has 3 rings (SSSR count). The zero-order valence-electron chi connectivity index (χ0n) is 19.8. The first-order valence-corrected chi connectivity index (χ1v) is 11.4. The van der Waals surface area contributed by atoms with Gasteiger partial charge in [0, 0.05) is 57.0 Å². The first-order valence-electron chi connectivity index (χ1n) is 11.4. The number of aryl methyl sites for hydroxylation is 3. The van der Waals surface area contributed by atoms with E-state index in [9.17, 15) is 5.11 Å². The predicted molar refractivity (Wildman–Crippen MR) is 126 cm³/mol. The molecule has 2 heterocycles. The largest absolute Gasteiger partial charge is 0.389 e. The molecule has 170 valence electrons. The molecule has 0 aliphatic carbocycles. The van der Waals surface area contributed by atoms with Crippen LogP contribution in [0.15, 0.2) is 24.3 Å². The van der Waals surface area contributed by atoms with E-state index in [-0.39, 0.29) is 0 Å². The minimum atomic E-state index is -0.439. The van der Waals surface area contributed by atoms with Gasteiger partial charge in [-0.25, -0.2) is 9.97 Å². The van der Waals surface area contributed by atoms with Crippen LogP contribution in [0.4, 0.5) is 5.82 Å². The molecular weight excluding hydrogens is 388 g/mol. The average molecular weight is 427 g/mol. The molecule has 1 aliphatic heterocycles. The Balaban J connectivity index is 1.62. The van der Waals surface area contributed by atoms with Crippen LogP contribution in [0.2, 0.25) is 0 Å². The molecule has 1 aromatic carbocycles.